The van der Waals surface area contributed by atoms with Crippen LogP contribution in [0, 0.1) is 22.7 Å². The van der Waals surface area contributed by atoms with Crippen molar-refractivity contribution in [2.75, 3.05) is 0 Å². The molecule has 6 fully saturated rings. The van der Waals surface area contributed by atoms with Crippen molar-refractivity contribution >= 4 is 54.1 Å². The van der Waals surface area contributed by atoms with Crippen molar-refractivity contribution in [1.82, 2.24) is 9.13 Å². The molecule has 0 saturated heterocycles. The highest BCUT2D eigenvalue weighted by Gasteiger charge is 2.40. The van der Waals surface area contributed by atoms with Gasteiger partial charge >= 0.3 is 0 Å². The second-order valence-electron chi connectivity index (χ2n) is 16.6. The molecular formula is C44H50N2. The number of nitrogens with zero attached hydrogens (tertiary/aromatic N) is 2. The number of hydrogen-bond donors (Lipinski definition) is 0. The van der Waals surface area contributed by atoms with Gasteiger partial charge in [-0.15, -0.1) is 0 Å². The number of fused-ring (bicyclic) bond motifs is 15. The first-order valence-corrected chi connectivity index (χ1v) is 19.0. The average Bonchev–Trinajstić information content (AvgIpc) is 3.74. The van der Waals surface area contributed by atoms with Gasteiger partial charge in [0.1, 0.15) is 0 Å². The van der Waals surface area contributed by atoms with Crippen LogP contribution in [0.15, 0.2) is 73.1 Å². The Morgan fingerprint density at radius 2 is 0.739 bits per heavy atom. The standard InChI is InChI=1S/C44H50N2/c1(19-43-21-11-31(12-22-43)13-23-43)27-45-29-17-39-37-5-3-34-33(35(37)7-9-41(39)45)4-6-38-36(34)8-10-42-40(38)18-30-46(42)28-2-20-44-24-14-32(15-25-44)16-26-44/h3-10,17-18,29-32H,1-2,11-16,19-28H2. The quantitative estimate of drug-likeness (QED) is 0.153. The first kappa shape index (κ1) is 27.8. The molecule has 12 rings (SSSR count). The lowest BCUT2D eigenvalue weighted by Crippen LogP contribution is -2.34. The van der Waals surface area contributed by atoms with Crippen LogP contribution in [0.25, 0.3) is 54.1 Å². The molecule has 6 aliphatic rings. The Kier molecular flexibility index (Phi) is 6.43. The van der Waals surface area contributed by atoms with Crippen LogP contribution >= 0.6 is 0 Å². The van der Waals surface area contributed by atoms with Crippen molar-refractivity contribution in [3.05, 3.63) is 73.1 Å². The van der Waals surface area contributed by atoms with Gasteiger partial charge in [0.25, 0.3) is 0 Å². The van der Waals surface area contributed by atoms with E-state index in [1.807, 2.05) is 0 Å². The van der Waals surface area contributed by atoms with Crippen LogP contribution in [0.3, 0.4) is 0 Å². The number of rotatable bonds is 8. The molecule has 6 aromatic rings. The maximum atomic E-state index is 2.53. The number of hydrogen-bond acceptors (Lipinski definition) is 0. The SMILES string of the molecule is c1cc2c(ccc3c2ccn3CCCC23CCC(CC2)CC3)c2ccc3c(ccc4c3ccn4CCCC34CCC(CC3)CC4)c12. The van der Waals surface area contributed by atoms with Crippen LogP contribution in [0.5, 0.6) is 0 Å². The molecule has 0 unspecified atom stereocenters. The minimum Gasteiger partial charge on any atom is -0.347 e. The van der Waals surface area contributed by atoms with Crippen LogP contribution in [0.1, 0.15) is 103 Å². The molecule has 4 bridgehead atoms. The molecule has 236 valence electrons. The Bertz CT molecular complexity index is 1910. The molecule has 2 nitrogen and oxygen atoms in total. The third-order valence-electron chi connectivity index (χ3n) is 14.4. The van der Waals surface area contributed by atoms with Crippen molar-refractivity contribution in [2.45, 2.75) is 116 Å². The van der Waals surface area contributed by atoms with E-state index in [9.17, 15) is 0 Å². The van der Waals surface area contributed by atoms with Gasteiger partial charge in [0.05, 0.1) is 0 Å². The summed E-state index contributed by atoms with van der Waals surface area (Å²) in [4.78, 5) is 0. The molecule has 0 radical (unpaired) electrons. The molecule has 2 aromatic heterocycles. The monoisotopic (exact) mass is 606 g/mol. The van der Waals surface area contributed by atoms with Crippen LogP contribution in [-0.4, -0.2) is 9.13 Å². The van der Waals surface area contributed by atoms with Gasteiger partial charge < -0.3 is 9.13 Å². The number of aryl methyl sites for hydroxylation is 2. The first-order chi connectivity index (χ1) is 22.7. The minimum absolute atomic E-state index is 0.675. The molecular weight excluding hydrogens is 556 g/mol. The summed E-state index contributed by atoms with van der Waals surface area (Å²) in [6.45, 7) is 2.30. The molecule has 0 spiro atoms. The second-order valence-corrected chi connectivity index (χ2v) is 16.6. The Morgan fingerprint density at radius 3 is 1.11 bits per heavy atom. The first-order valence-electron chi connectivity index (χ1n) is 19.0. The summed E-state index contributed by atoms with van der Waals surface area (Å²) in [5, 5.41) is 11.1. The van der Waals surface area contributed by atoms with E-state index in [1.165, 1.54) is 157 Å². The molecule has 0 aliphatic heterocycles. The predicted molar refractivity (Wildman–Crippen MR) is 196 cm³/mol. The van der Waals surface area contributed by atoms with Crippen molar-refractivity contribution < 1.29 is 0 Å². The van der Waals surface area contributed by atoms with Crippen LogP contribution < -0.4 is 0 Å². The second kappa shape index (κ2) is 10.6. The van der Waals surface area contributed by atoms with Crippen molar-refractivity contribution in [1.29, 1.82) is 0 Å². The molecule has 6 saturated carbocycles. The highest BCUT2D eigenvalue weighted by Crippen LogP contribution is 2.54. The van der Waals surface area contributed by atoms with Gasteiger partial charge in [-0.25, -0.2) is 0 Å². The maximum absolute atomic E-state index is 2.53. The molecule has 4 aromatic carbocycles. The van der Waals surface area contributed by atoms with Gasteiger partial charge in [-0.2, -0.15) is 0 Å². The van der Waals surface area contributed by atoms with E-state index in [2.05, 4.69) is 82.2 Å². The normalized spacial score (nSPS) is 27.7. The average molecular weight is 607 g/mol. The highest BCUT2D eigenvalue weighted by molar-refractivity contribution is 6.24. The van der Waals surface area contributed by atoms with E-state index < -0.39 is 0 Å². The summed E-state index contributed by atoms with van der Waals surface area (Å²) < 4.78 is 5.07. The lowest BCUT2D eigenvalue weighted by atomic mass is 9.59. The third-order valence-corrected chi connectivity index (χ3v) is 14.4. The zero-order valence-corrected chi connectivity index (χ0v) is 27.7. The summed E-state index contributed by atoms with van der Waals surface area (Å²) in [5.74, 6) is 2.11. The van der Waals surface area contributed by atoms with Crippen LogP contribution in [0.4, 0.5) is 0 Å². The van der Waals surface area contributed by atoms with Gasteiger partial charge in [0, 0.05) is 47.3 Å². The fourth-order valence-corrected chi connectivity index (χ4v) is 11.5. The van der Waals surface area contributed by atoms with E-state index in [1.54, 1.807) is 0 Å². The summed E-state index contributed by atoms with van der Waals surface area (Å²) in [6.07, 6.45) is 28.1. The summed E-state index contributed by atoms with van der Waals surface area (Å²) in [7, 11) is 0. The fourth-order valence-electron chi connectivity index (χ4n) is 11.5. The summed E-state index contributed by atoms with van der Waals surface area (Å²) >= 11 is 0. The van der Waals surface area contributed by atoms with Gasteiger partial charge in [0.2, 0.25) is 0 Å². The fraction of sp³-hybridized carbons (Fsp3) is 0.500. The van der Waals surface area contributed by atoms with E-state index in [4.69, 9.17) is 0 Å². The topological polar surface area (TPSA) is 9.86 Å². The van der Waals surface area contributed by atoms with Gasteiger partial charge in [-0.1, -0.05) is 36.4 Å². The smallest absolute Gasteiger partial charge is 0.0486 e. The maximum Gasteiger partial charge on any atom is 0.0486 e. The Morgan fingerprint density at radius 1 is 0.413 bits per heavy atom. The highest BCUT2D eigenvalue weighted by atomic mass is 15.0. The van der Waals surface area contributed by atoms with E-state index in [0.29, 0.717) is 10.8 Å². The molecule has 2 heterocycles. The molecule has 46 heavy (non-hydrogen) atoms. The molecule has 0 atom stereocenters. The lowest BCUT2D eigenvalue weighted by Gasteiger charge is -2.47. The number of benzene rings is 4. The minimum atomic E-state index is 0.675. The lowest BCUT2D eigenvalue weighted by molar-refractivity contribution is 0.0537. The Hall–Kier alpha value is -3.26. The Labute approximate surface area is 274 Å². The van der Waals surface area contributed by atoms with Crippen molar-refractivity contribution in [2.24, 2.45) is 22.7 Å². The number of aromatic nitrogens is 2. The molecule has 0 N–H and O–H groups in total. The van der Waals surface area contributed by atoms with E-state index in [0.717, 1.165) is 24.9 Å². The van der Waals surface area contributed by atoms with Crippen LogP contribution in [0.2, 0.25) is 0 Å². The largest absolute Gasteiger partial charge is 0.347 e. The third kappa shape index (κ3) is 4.41. The van der Waals surface area contributed by atoms with E-state index in [-0.39, 0.29) is 0 Å². The molecule has 6 aliphatic carbocycles. The van der Waals surface area contributed by atoms with Gasteiger partial charge in [-0.3, -0.25) is 0 Å². The predicted octanol–water partition coefficient (Wildman–Crippen LogP) is 12.6. The van der Waals surface area contributed by atoms with Crippen molar-refractivity contribution in [3.63, 3.8) is 0 Å². The van der Waals surface area contributed by atoms with Gasteiger partial charge in [0.15, 0.2) is 0 Å². The van der Waals surface area contributed by atoms with Crippen LogP contribution in [-0.2, 0) is 13.1 Å². The molecule has 0 amide bonds. The Balaban J connectivity index is 0.919. The zero-order valence-electron chi connectivity index (χ0n) is 27.7. The van der Waals surface area contributed by atoms with E-state index >= 15 is 0 Å². The van der Waals surface area contributed by atoms with Gasteiger partial charge in [-0.05, 0) is 182 Å². The molecule has 2 heteroatoms. The summed E-state index contributed by atoms with van der Waals surface area (Å²) in [6, 6.07) is 23.9. The summed E-state index contributed by atoms with van der Waals surface area (Å²) in [5.41, 5.74) is 4.15. The zero-order chi connectivity index (χ0) is 30.3. The van der Waals surface area contributed by atoms with Crippen molar-refractivity contribution in [3.8, 4) is 0 Å².